The third kappa shape index (κ3) is 3.34. The Labute approximate surface area is 178 Å². The number of carbonyl (C=O) groups is 1. The quantitative estimate of drug-likeness (QED) is 0.396. The lowest BCUT2D eigenvalue weighted by atomic mass is 9.83. The van der Waals surface area contributed by atoms with Crippen LogP contribution in [0.4, 0.5) is 0 Å². The number of H-pyrrole nitrogens is 1. The van der Waals surface area contributed by atoms with E-state index in [1.54, 1.807) is 26.1 Å². The van der Waals surface area contributed by atoms with E-state index in [1.165, 1.54) is 17.0 Å². The van der Waals surface area contributed by atoms with E-state index in [0.29, 0.717) is 23.4 Å². The first kappa shape index (κ1) is 19.3. The molecule has 1 aliphatic heterocycles. The second-order valence-electron chi connectivity index (χ2n) is 8.27. The molecule has 5 rings (SSSR count). The minimum absolute atomic E-state index is 0.116. The van der Waals surface area contributed by atoms with Crippen LogP contribution in [0.2, 0.25) is 0 Å². The Hall–Kier alpha value is -3.67. The van der Waals surface area contributed by atoms with E-state index >= 15 is 0 Å². The molecule has 156 valence electrons. The van der Waals surface area contributed by atoms with Gasteiger partial charge in [-0.2, -0.15) is 0 Å². The first-order valence-electron chi connectivity index (χ1n) is 10.3. The number of nitrogens with one attached hydrogen (secondary N) is 1. The Bertz CT molecular complexity index is 1390. The summed E-state index contributed by atoms with van der Waals surface area (Å²) in [6.07, 6.45) is 4.42. The van der Waals surface area contributed by atoms with Crippen LogP contribution >= 0.6 is 0 Å². The number of benzene rings is 2. The summed E-state index contributed by atoms with van der Waals surface area (Å²) < 4.78 is 11.4. The van der Waals surface area contributed by atoms with Crippen LogP contribution in [-0.2, 0) is 11.2 Å². The average molecular weight is 414 g/mol. The van der Waals surface area contributed by atoms with Crippen LogP contribution in [0.15, 0.2) is 68.9 Å². The topological polar surface area (TPSA) is 84.7 Å². The number of hydrogen-bond donors (Lipinski definition) is 1. The number of aliphatic imine (C=N–C) groups is 1. The number of rotatable bonds is 4. The van der Waals surface area contributed by atoms with Gasteiger partial charge in [0.05, 0.1) is 11.5 Å². The summed E-state index contributed by atoms with van der Waals surface area (Å²) in [4.78, 5) is 32.9. The van der Waals surface area contributed by atoms with Crippen LogP contribution in [0.25, 0.3) is 21.9 Å². The minimum atomic E-state index is -0.997. The summed E-state index contributed by atoms with van der Waals surface area (Å²) in [5.74, 6) is -0.217. The van der Waals surface area contributed by atoms with Crippen molar-refractivity contribution in [2.45, 2.75) is 31.8 Å². The highest BCUT2D eigenvalue weighted by Gasteiger charge is 2.43. The molecular formula is C25H22N2O4. The summed E-state index contributed by atoms with van der Waals surface area (Å²) in [5, 5.41) is 1.92. The number of carbonyl (C=O) groups excluding carboxylic acids is 1. The van der Waals surface area contributed by atoms with Crippen LogP contribution in [0.3, 0.4) is 0 Å². The van der Waals surface area contributed by atoms with Gasteiger partial charge in [0.15, 0.2) is 11.4 Å². The lowest BCUT2D eigenvalue weighted by Gasteiger charge is -2.34. The van der Waals surface area contributed by atoms with Crippen LogP contribution in [0.1, 0.15) is 30.9 Å². The highest BCUT2D eigenvalue weighted by molar-refractivity contribution is 6.09. The summed E-state index contributed by atoms with van der Waals surface area (Å²) >= 11 is 0. The summed E-state index contributed by atoms with van der Waals surface area (Å²) in [7, 11) is 0. The van der Waals surface area contributed by atoms with Crippen molar-refractivity contribution < 1.29 is 13.9 Å². The van der Waals surface area contributed by atoms with Crippen molar-refractivity contribution >= 4 is 33.9 Å². The number of aromatic nitrogens is 1. The smallest absolute Gasteiger partial charge is 0.336 e. The lowest BCUT2D eigenvalue weighted by Crippen LogP contribution is -2.45. The van der Waals surface area contributed by atoms with Crippen molar-refractivity contribution in [1.82, 2.24) is 4.98 Å². The fourth-order valence-electron chi connectivity index (χ4n) is 4.20. The molecular weight excluding hydrogens is 392 g/mol. The SMILES string of the molecule is CC1(C)Oc2ccc3ccc(=O)oc3c2[C@H](C=NCCc2c[nH]c3ccccc23)C1=O. The van der Waals surface area contributed by atoms with Crippen molar-refractivity contribution in [3.05, 3.63) is 76.3 Å². The molecule has 6 heteroatoms. The molecule has 0 spiro atoms. The number of fused-ring (bicyclic) bond motifs is 4. The van der Waals surface area contributed by atoms with Gasteiger partial charge < -0.3 is 14.1 Å². The first-order chi connectivity index (χ1) is 14.9. The second kappa shape index (κ2) is 7.23. The van der Waals surface area contributed by atoms with E-state index < -0.39 is 17.1 Å². The Morgan fingerprint density at radius 3 is 2.77 bits per heavy atom. The molecule has 0 radical (unpaired) electrons. The molecule has 4 aromatic rings. The predicted molar refractivity (Wildman–Crippen MR) is 120 cm³/mol. The molecule has 2 aromatic carbocycles. The Morgan fingerprint density at radius 1 is 1.10 bits per heavy atom. The van der Waals surface area contributed by atoms with Crippen LogP contribution in [0, 0.1) is 0 Å². The summed E-state index contributed by atoms with van der Waals surface area (Å²) in [5.41, 5.74) is 1.76. The van der Waals surface area contributed by atoms with E-state index in [4.69, 9.17) is 9.15 Å². The summed E-state index contributed by atoms with van der Waals surface area (Å²) in [6.45, 7) is 4.03. The maximum Gasteiger partial charge on any atom is 0.336 e. The van der Waals surface area contributed by atoms with Gasteiger partial charge in [-0.15, -0.1) is 0 Å². The predicted octanol–water partition coefficient (Wildman–Crippen LogP) is 4.41. The van der Waals surface area contributed by atoms with E-state index in [0.717, 1.165) is 17.3 Å². The fourth-order valence-corrected chi connectivity index (χ4v) is 4.20. The Balaban J connectivity index is 1.48. The monoisotopic (exact) mass is 414 g/mol. The maximum atomic E-state index is 13.2. The molecule has 2 aromatic heterocycles. The van der Waals surface area contributed by atoms with Crippen molar-refractivity contribution in [3.8, 4) is 5.75 Å². The van der Waals surface area contributed by atoms with E-state index in [-0.39, 0.29) is 5.78 Å². The number of para-hydroxylation sites is 1. The molecule has 3 heterocycles. The number of ether oxygens (including phenoxy) is 1. The normalized spacial score (nSPS) is 17.9. The molecule has 0 bridgehead atoms. The summed E-state index contributed by atoms with van der Waals surface area (Å²) in [6, 6.07) is 14.8. The maximum absolute atomic E-state index is 13.2. The minimum Gasteiger partial charge on any atom is -0.480 e. The second-order valence-corrected chi connectivity index (χ2v) is 8.27. The van der Waals surface area contributed by atoms with Gasteiger partial charge in [-0.25, -0.2) is 4.79 Å². The number of aromatic amines is 1. The molecule has 0 saturated carbocycles. The highest BCUT2D eigenvalue weighted by Crippen LogP contribution is 2.41. The molecule has 6 nitrogen and oxygen atoms in total. The molecule has 0 fully saturated rings. The van der Waals surface area contributed by atoms with Gasteiger partial charge in [0, 0.05) is 41.3 Å². The Kier molecular flexibility index (Phi) is 4.50. The number of hydrogen-bond acceptors (Lipinski definition) is 5. The highest BCUT2D eigenvalue weighted by atomic mass is 16.5. The molecule has 0 unspecified atom stereocenters. The average Bonchev–Trinajstić information content (AvgIpc) is 3.16. The molecule has 1 aliphatic rings. The van der Waals surface area contributed by atoms with Crippen LogP contribution in [0.5, 0.6) is 5.75 Å². The fraction of sp³-hybridized carbons (Fsp3) is 0.240. The third-order valence-electron chi connectivity index (χ3n) is 5.78. The van der Waals surface area contributed by atoms with Crippen LogP contribution < -0.4 is 10.4 Å². The molecule has 1 atom stereocenters. The number of nitrogens with zero attached hydrogens (tertiary/aromatic N) is 1. The number of Topliss-reactive ketones (excluding diaryl/α,β-unsaturated/α-hetero) is 1. The molecule has 0 saturated heterocycles. The largest absolute Gasteiger partial charge is 0.480 e. The van der Waals surface area contributed by atoms with Crippen molar-refractivity contribution in [2.24, 2.45) is 4.99 Å². The van der Waals surface area contributed by atoms with Gasteiger partial charge in [-0.3, -0.25) is 9.79 Å². The molecule has 31 heavy (non-hydrogen) atoms. The zero-order valence-corrected chi connectivity index (χ0v) is 17.3. The number of ketones is 1. The lowest BCUT2D eigenvalue weighted by molar-refractivity contribution is -0.133. The van der Waals surface area contributed by atoms with E-state index in [9.17, 15) is 9.59 Å². The van der Waals surface area contributed by atoms with Gasteiger partial charge in [0.2, 0.25) is 0 Å². The van der Waals surface area contributed by atoms with Crippen molar-refractivity contribution in [1.29, 1.82) is 0 Å². The van der Waals surface area contributed by atoms with Gasteiger partial charge in [-0.1, -0.05) is 18.2 Å². The van der Waals surface area contributed by atoms with Gasteiger partial charge in [0.1, 0.15) is 11.3 Å². The van der Waals surface area contributed by atoms with E-state index in [2.05, 4.69) is 16.0 Å². The van der Waals surface area contributed by atoms with Gasteiger partial charge >= 0.3 is 5.63 Å². The van der Waals surface area contributed by atoms with Crippen molar-refractivity contribution in [3.63, 3.8) is 0 Å². The first-order valence-corrected chi connectivity index (χ1v) is 10.3. The molecule has 1 N–H and O–H groups in total. The van der Waals surface area contributed by atoms with E-state index in [1.807, 2.05) is 36.5 Å². The van der Waals surface area contributed by atoms with Gasteiger partial charge in [0.25, 0.3) is 0 Å². The zero-order chi connectivity index (χ0) is 21.6. The van der Waals surface area contributed by atoms with Crippen LogP contribution in [-0.4, -0.2) is 29.1 Å². The zero-order valence-electron chi connectivity index (χ0n) is 17.3. The standard InChI is InChI=1S/C25H22N2O4/c1-25(2)24(29)18(14-26-12-11-16-13-27-19-6-4-3-5-17(16)19)22-20(31-25)9-7-15-8-10-21(28)30-23(15)22/h3-10,13-14,18,27H,11-12H2,1-2H3/t18-/m0/s1. The van der Waals surface area contributed by atoms with Crippen molar-refractivity contribution in [2.75, 3.05) is 6.54 Å². The van der Waals surface area contributed by atoms with Gasteiger partial charge in [-0.05, 0) is 50.1 Å². The Morgan fingerprint density at radius 2 is 1.90 bits per heavy atom. The third-order valence-corrected chi connectivity index (χ3v) is 5.78. The molecule has 0 amide bonds. The molecule has 0 aliphatic carbocycles.